The zero-order chi connectivity index (χ0) is 18.8. The van der Waals surface area contributed by atoms with E-state index in [9.17, 15) is 4.79 Å². The summed E-state index contributed by atoms with van der Waals surface area (Å²) in [6.45, 7) is 2.92. The largest absolute Gasteiger partial charge is 0.497 e. The Labute approximate surface area is 158 Å². The van der Waals surface area contributed by atoms with E-state index in [1.165, 1.54) is 0 Å². The molecule has 1 aliphatic heterocycles. The number of aromatic nitrogens is 1. The fraction of sp³-hybridized carbons (Fsp3) is 0.273. The highest BCUT2D eigenvalue weighted by molar-refractivity contribution is 5.84. The van der Waals surface area contributed by atoms with Gasteiger partial charge in [0, 0.05) is 24.2 Å². The predicted octanol–water partition coefficient (Wildman–Crippen LogP) is 3.42. The number of benzene rings is 2. The number of amides is 1. The second-order valence-electron chi connectivity index (χ2n) is 6.83. The van der Waals surface area contributed by atoms with Crippen molar-refractivity contribution in [2.24, 2.45) is 5.92 Å². The van der Waals surface area contributed by atoms with Crippen LogP contribution >= 0.6 is 0 Å². The second-order valence-corrected chi connectivity index (χ2v) is 6.83. The molecule has 138 valence electrons. The number of methoxy groups -OCH3 is 1. The Morgan fingerprint density at radius 3 is 3.04 bits per heavy atom. The maximum Gasteiger partial charge on any atom is 0.227 e. The van der Waals surface area contributed by atoms with Crippen LogP contribution in [-0.2, 0) is 17.8 Å². The lowest BCUT2D eigenvalue weighted by Gasteiger charge is -2.25. The van der Waals surface area contributed by atoms with Crippen molar-refractivity contribution < 1.29 is 14.3 Å². The molecule has 2 heterocycles. The zero-order valence-electron chi connectivity index (χ0n) is 15.5. The van der Waals surface area contributed by atoms with Crippen LogP contribution in [0.3, 0.4) is 0 Å². The maximum absolute atomic E-state index is 12.7. The van der Waals surface area contributed by atoms with Gasteiger partial charge in [0.1, 0.15) is 18.1 Å². The van der Waals surface area contributed by atoms with Crippen LogP contribution in [0.4, 0.5) is 0 Å². The van der Waals surface area contributed by atoms with Crippen molar-refractivity contribution in [2.45, 2.75) is 19.9 Å². The van der Waals surface area contributed by atoms with Gasteiger partial charge < -0.3 is 14.8 Å². The van der Waals surface area contributed by atoms with Gasteiger partial charge in [0.2, 0.25) is 5.91 Å². The molecule has 0 radical (unpaired) electrons. The monoisotopic (exact) mass is 362 g/mol. The second kappa shape index (κ2) is 7.27. The smallest absolute Gasteiger partial charge is 0.227 e. The standard InChI is InChI=1S/C22H22N2O3/c1-14-5-8-20-18(4-3-9-23-20)19(14)12-24-22(25)16-10-15-6-7-17(26-2)11-21(15)27-13-16/h3-9,11,16H,10,12-13H2,1-2H3,(H,24,25)/t16-/m0/s1. The molecule has 1 atom stereocenters. The maximum atomic E-state index is 12.7. The van der Waals surface area contributed by atoms with Crippen LogP contribution in [0.1, 0.15) is 16.7 Å². The van der Waals surface area contributed by atoms with Gasteiger partial charge >= 0.3 is 0 Å². The quantitative estimate of drug-likeness (QED) is 0.773. The van der Waals surface area contributed by atoms with Crippen LogP contribution in [0.2, 0.25) is 0 Å². The molecule has 0 saturated heterocycles. The molecule has 1 amide bonds. The highest BCUT2D eigenvalue weighted by Gasteiger charge is 2.26. The van der Waals surface area contributed by atoms with E-state index in [-0.39, 0.29) is 11.8 Å². The number of fused-ring (bicyclic) bond motifs is 2. The van der Waals surface area contributed by atoms with E-state index in [4.69, 9.17) is 9.47 Å². The van der Waals surface area contributed by atoms with Crippen LogP contribution in [0.25, 0.3) is 10.9 Å². The summed E-state index contributed by atoms with van der Waals surface area (Å²) >= 11 is 0. The third kappa shape index (κ3) is 3.45. The lowest BCUT2D eigenvalue weighted by atomic mass is 9.95. The van der Waals surface area contributed by atoms with E-state index >= 15 is 0 Å². The van der Waals surface area contributed by atoms with Crippen molar-refractivity contribution in [2.75, 3.05) is 13.7 Å². The Morgan fingerprint density at radius 2 is 2.19 bits per heavy atom. The van der Waals surface area contributed by atoms with Gasteiger partial charge in [-0.05, 0) is 48.2 Å². The molecule has 27 heavy (non-hydrogen) atoms. The van der Waals surface area contributed by atoms with Crippen molar-refractivity contribution in [1.82, 2.24) is 10.3 Å². The topological polar surface area (TPSA) is 60.5 Å². The summed E-state index contributed by atoms with van der Waals surface area (Å²) in [5.74, 6) is 1.38. The number of rotatable bonds is 4. The molecule has 0 aliphatic carbocycles. The highest BCUT2D eigenvalue weighted by Crippen LogP contribution is 2.31. The van der Waals surface area contributed by atoms with Crippen molar-refractivity contribution in [3.05, 3.63) is 65.4 Å². The summed E-state index contributed by atoms with van der Waals surface area (Å²) in [4.78, 5) is 17.1. The minimum atomic E-state index is -0.195. The Bertz CT molecular complexity index is 1000. The molecule has 3 aromatic rings. The molecule has 0 bridgehead atoms. The average Bonchev–Trinajstić information content (AvgIpc) is 2.72. The molecule has 2 aromatic carbocycles. The molecular formula is C22H22N2O3. The van der Waals surface area contributed by atoms with Gasteiger partial charge in [-0.15, -0.1) is 0 Å². The van der Waals surface area contributed by atoms with Gasteiger partial charge in [-0.1, -0.05) is 18.2 Å². The molecule has 1 aromatic heterocycles. The highest BCUT2D eigenvalue weighted by atomic mass is 16.5. The molecular weight excluding hydrogens is 340 g/mol. The first-order valence-electron chi connectivity index (χ1n) is 9.06. The van der Waals surface area contributed by atoms with Crippen LogP contribution in [0.15, 0.2) is 48.7 Å². The lowest BCUT2D eigenvalue weighted by molar-refractivity contribution is -0.126. The van der Waals surface area contributed by atoms with E-state index in [2.05, 4.69) is 17.2 Å². The average molecular weight is 362 g/mol. The minimum Gasteiger partial charge on any atom is -0.497 e. The van der Waals surface area contributed by atoms with E-state index in [0.717, 1.165) is 39.1 Å². The van der Waals surface area contributed by atoms with Crippen molar-refractivity contribution in [3.8, 4) is 11.5 Å². The fourth-order valence-corrected chi connectivity index (χ4v) is 3.52. The number of ether oxygens (including phenoxy) is 2. The first kappa shape index (κ1) is 17.3. The van der Waals surface area contributed by atoms with Gasteiger partial charge in [-0.2, -0.15) is 0 Å². The predicted molar refractivity (Wildman–Crippen MR) is 104 cm³/mol. The number of hydrogen-bond donors (Lipinski definition) is 1. The van der Waals surface area contributed by atoms with E-state index in [1.807, 2.05) is 42.5 Å². The number of hydrogen-bond acceptors (Lipinski definition) is 4. The Kier molecular flexibility index (Phi) is 4.67. The number of carbonyl (C=O) groups is 1. The molecule has 4 rings (SSSR count). The summed E-state index contributed by atoms with van der Waals surface area (Å²) in [6.07, 6.45) is 2.45. The number of nitrogens with one attached hydrogen (secondary N) is 1. The van der Waals surface area contributed by atoms with Crippen LogP contribution in [0, 0.1) is 12.8 Å². The van der Waals surface area contributed by atoms with Gasteiger partial charge in [0.25, 0.3) is 0 Å². The summed E-state index contributed by atoms with van der Waals surface area (Å²) in [5, 5.41) is 4.16. The normalized spacial score (nSPS) is 15.7. The van der Waals surface area contributed by atoms with Crippen LogP contribution in [-0.4, -0.2) is 24.6 Å². The summed E-state index contributed by atoms with van der Waals surface area (Å²) < 4.78 is 11.0. The molecule has 0 unspecified atom stereocenters. The van der Waals surface area contributed by atoms with Crippen molar-refractivity contribution in [1.29, 1.82) is 0 Å². The van der Waals surface area contributed by atoms with Gasteiger partial charge in [0.05, 0.1) is 18.5 Å². The molecule has 5 nitrogen and oxygen atoms in total. The van der Waals surface area contributed by atoms with E-state index in [1.54, 1.807) is 13.3 Å². The number of carbonyl (C=O) groups excluding carboxylic acids is 1. The van der Waals surface area contributed by atoms with Gasteiger partial charge in [-0.25, -0.2) is 0 Å². The molecule has 0 spiro atoms. The van der Waals surface area contributed by atoms with Gasteiger partial charge in [0.15, 0.2) is 0 Å². The summed E-state index contributed by atoms with van der Waals surface area (Å²) in [7, 11) is 1.63. The molecule has 5 heteroatoms. The summed E-state index contributed by atoms with van der Waals surface area (Å²) in [6, 6.07) is 13.8. The number of pyridine rings is 1. The molecule has 0 fully saturated rings. The van der Waals surface area contributed by atoms with Crippen molar-refractivity contribution in [3.63, 3.8) is 0 Å². The third-order valence-corrected chi connectivity index (χ3v) is 5.12. The Hall–Kier alpha value is -3.08. The number of nitrogens with zero attached hydrogens (tertiary/aromatic N) is 1. The fourth-order valence-electron chi connectivity index (χ4n) is 3.52. The first-order chi connectivity index (χ1) is 13.2. The first-order valence-corrected chi connectivity index (χ1v) is 9.06. The van der Waals surface area contributed by atoms with E-state index in [0.29, 0.717) is 19.6 Å². The molecule has 1 aliphatic rings. The third-order valence-electron chi connectivity index (χ3n) is 5.12. The van der Waals surface area contributed by atoms with E-state index < -0.39 is 0 Å². The lowest BCUT2D eigenvalue weighted by Crippen LogP contribution is -2.37. The zero-order valence-corrected chi connectivity index (χ0v) is 15.5. The van der Waals surface area contributed by atoms with Crippen LogP contribution in [0.5, 0.6) is 11.5 Å². The summed E-state index contributed by atoms with van der Waals surface area (Å²) in [5.41, 5.74) is 4.23. The SMILES string of the molecule is COc1ccc2c(c1)OC[C@@H](C(=O)NCc1c(C)ccc3ncccc13)C2. The molecule has 1 N–H and O–H groups in total. The Balaban J connectivity index is 1.47. The van der Waals surface area contributed by atoms with Crippen molar-refractivity contribution >= 4 is 16.8 Å². The number of aryl methyl sites for hydroxylation is 1. The van der Waals surface area contributed by atoms with Crippen LogP contribution < -0.4 is 14.8 Å². The minimum absolute atomic E-state index is 0.0109. The molecule has 0 saturated carbocycles. The van der Waals surface area contributed by atoms with Gasteiger partial charge in [-0.3, -0.25) is 9.78 Å². The Morgan fingerprint density at radius 1 is 1.30 bits per heavy atom.